The monoisotopic (exact) mass is 299 g/mol. The van der Waals surface area contributed by atoms with E-state index in [1.165, 1.54) is 14.0 Å². The second kappa shape index (κ2) is 4.92. The second-order valence-corrected chi connectivity index (χ2v) is 7.45. The number of hydrogen-bond donors (Lipinski definition) is 1. The average Bonchev–Trinajstić information content (AvgIpc) is 2.81. The number of aliphatic carboxylic acids is 1. The van der Waals surface area contributed by atoms with Gasteiger partial charge in [-0.25, -0.2) is 8.42 Å². The zero-order valence-corrected chi connectivity index (χ0v) is 12.0. The Kier molecular flexibility index (Phi) is 3.62. The third kappa shape index (κ3) is 2.49. The molecule has 1 aromatic heterocycles. The SMILES string of the molecule is C[C@H](C(=O)O)N(C)S(=O)(=O)c1cc2ccccc2s1. The molecule has 0 aliphatic rings. The van der Waals surface area contributed by atoms with E-state index >= 15 is 0 Å². The number of nitrogens with zero attached hydrogens (tertiary/aromatic N) is 1. The van der Waals surface area contributed by atoms with Gasteiger partial charge in [-0.3, -0.25) is 4.79 Å². The van der Waals surface area contributed by atoms with Gasteiger partial charge in [0.1, 0.15) is 10.3 Å². The van der Waals surface area contributed by atoms with Crippen molar-refractivity contribution in [2.45, 2.75) is 17.2 Å². The van der Waals surface area contributed by atoms with Crippen LogP contribution in [0, 0.1) is 0 Å². The van der Waals surface area contributed by atoms with Crippen molar-refractivity contribution in [2.24, 2.45) is 0 Å². The molecule has 0 aliphatic heterocycles. The van der Waals surface area contributed by atoms with Crippen LogP contribution in [0.3, 0.4) is 0 Å². The van der Waals surface area contributed by atoms with Gasteiger partial charge in [0.25, 0.3) is 10.0 Å². The van der Waals surface area contributed by atoms with Crippen LogP contribution in [-0.2, 0) is 14.8 Å². The number of benzene rings is 1. The first-order valence-corrected chi connectivity index (χ1v) is 7.79. The van der Waals surface area contributed by atoms with E-state index in [4.69, 9.17) is 5.11 Å². The normalized spacial score (nSPS) is 13.8. The quantitative estimate of drug-likeness (QED) is 0.937. The van der Waals surface area contributed by atoms with Crippen molar-refractivity contribution in [2.75, 3.05) is 7.05 Å². The van der Waals surface area contributed by atoms with Crippen LogP contribution in [-0.4, -0.2) is 36.9 Å². The highest BCUT2D eigenvalue weighted by Crippen LogP contribution is 2.30. The molecule has 0 saturated carbocycles. The number of likely N-dealkylation sites (N-methyl/N-ethyl adjacent to an activating group) is 1. The van der Waals surface area contributed by atoms with E-state index in [1.54, 1.807) is 6.07 Å². The highest BCUT2D eigenvalue weighted by Gasteiger charge is 2.30. The van der Waals surface area contributed by atoms with Gasteiger partial charge in [-0.2, -0.15) is 4.31 Å². The fourth-order valence-corrected chi connectivity index (χ4v) is 4.49. The van der Waals surface area contributed by atoms with E-state index < -0.39 is 22.0 Å². The minimum Gasteiger partial charge on any atom is -0.480 e. The molecule has 0 radical (unpaired) electrons. The van der Waals surface area contributed by atoms with Crippen LogP contribution in [0.4, 0.5) is 0 Å². The van der Waals surface area contributed by atoms with Crippen LogP contribution < -0.4 is 0 Å². The maximum atomic E-state index is 12.3. The Labute approximate surface area is 115 Å². The molecular weight excluding hydrogens is 286 g/mol. The lowest BCUT2D eigenvalue weighted by Gasteiger charge is -2.19. The molecule has 2 rings (SSSR count). The Morgan fingerprint density at radius 3 is 2.58 bits per heavy atom. The van der Waals surface area contributed by atoms with E-state index in [1.807, 2.05) is 24.3 Å². The van der Waals surface area contributed by atoms with Gasteiger partial charge in [0.15, 0.2) is 0 Å². The maximum Gasteiger partial charge on any atom is 0.321 e. The van der Waals surface area contributed by atoms with Crippen molar-refractivity contribution in [1.82, 2.24) is 4.31 Å². The highest BCUT2D eigenvalue weighted by atomic mass is 32.2. The van der Waals surface area contributed by atoms with Gasteiger partial charge in [0.2, 0.25) is 0 Å². The summed E-state index contributed by atoms with van der Waals surface area (Å²) in [6.45, 7) is 1.34. The van der Waals surface area contributed by atoms with Gasteiger partial charge in [-0.15, -0.1) is 11.3 Å². The molecule has 0 saturated heterocycles. The molecule has 0 unspecified atom stereocenters. The van der Waals surface area contributed by atoms with E-state index in [9.17, 15) is 13.2 Å². The number of carbonyl (C=O) groups is 1. The maximum absolute atomic E-state index is 12.3. The number of rotatable bonds is 4. The summed E-state index contributed by atoms with van der Waals surface area (Å²) in [6.07, 6.45) is 0. The summed E-state index contributed by atoms with van der Waals surface area (Å²) in [4.78, 5) is 10.9. The molecule has 0 bridgehead atoms. The van der Waals surface area contributed by atoms with Crippen LogP contribution in [0.25, 0.3) is 10.1 Å². The number of sulfonamides is 1. The summed E-state index contributed by atoms with van der Waals surface area (Å²) in [7, 11) is -2.50. The van der Waals surface area contributed by atoms with Crippen molar-refractivity contribution in [1.29, 1.82) is 0 Å². The third-order valence-electron chi connectivity index (χ3n) is 2.94. The summed E-state index contributed by atoms with van der Waals surface area (Å²) in [5.74, 6) is -1.17. The van der Waals surface area contributed by atoms with Crippen LogP contribution in [0.1, 0.15) is 6.92 Å². The number of fused-ring (bicyclic) bond motifs is 1. The first kappa shape index (κ1) is 14.0. The summed E-state index contributed by atoms with van der Waals surface area (Å²) >= 11 is 1.14. The van der Waals surface area contributed by atoms with Crippen molar-refractivity contribution in [3.8, 4) is 0 Å². The number of carboxylic acid groups (broad SMARTS) is 1. The van der Waals surface area contributed by atoms with E-state index in [0.717, 1.165) is 25.7 Å². The first-order valence-electron chi connectivity index (χ1n) is 5.53. The minimum absolute atomic E-state index is 0.157. The largest absolute Gasteiger partial charge is 0.480 e. The number of thiophene rings is 1. The Bertz CT molecular complexity index is 687. The molecule has 5 nitrogen and oxygen atoms in total. The third-order valence-corrected chi connectivity index (χ3v) is 6.43. The van der Waals surface area contributed by atoms with Gasteiger partial charge >= 0.3 is 5.97 Å². The fraction of sp³-hybridized carbons (Fsp3) is 0.250. The molecular formula is C12H13NO4S2. The van der Waals surface area contributed by atoms with Gasteiger partial charge < -0.3 is 5.11 Å². The van der Waals surface area contributed by atoms with Crippen molar-refractivity contribution >= 4 is 37.4 Å². The molecule has 1 heterocycles. The zero-order valence-electron chi connectivity index (χ0n) is 10.4. The summed E-state index contributed by atoms with van der Waals surface area (Å²) < 4.78 is 26.5. The van der Waals surface area contributed by atoms with Crippen LogP contribution in [0.5, 0.6) is 0 Å². The molecule has 1 aromatic carbocycles. The Morgan fingerprint density at radius 1 is 1.37 bits per heavy atom. The molecule has 0 amide bonds. The Hall–Kier alpha value is -1.44. The van der Waals surface area contributed by atoms with Crippen molar-refractivity contribution in [3.05, 3.63) is 30.3 Å². The summed E-state index contributed by atoms with van der Waals surface area (Å²) in [6, 6.07) is 7.79. The smallest absolute Gasteiger partial charge is 0.321 e. The molecule has 1 N–H and O–H groups in total. The topological polar surface area (TPSA) is 74.7 Å². The molecule has 0 spiro atoms. The van der Waals surface area contributed by atoms with Crippen LogP contribution in [0.15, 0.2) is 34.5 Å². The van der Waals surface area contributed by atoms with Crippen molar-refractivity contribution < 1.29 is 18.3 Å². The van der Waals surface area contributed by atoms with Gasteiger partial charge in [-0.1, -0.05) is 18.2 Å². The van der Waals surface area contributed by atoms with E-state index in [-0.39, 0.29) is 4.21 Å². The van der Waals surface area contributed by atoms with Crippen molar-refractivity contribution in [3.63, 3.8) is 0 Å². The lowest BCUT2D eigenvalue weighted by Crippen LogP contribution is -2.39. The predicted molar refractivity (Wildman–Crippen MR) is 73.9 cm³/mol. The molecule has 19 heavy (non-hydrogen) atoms. The van der Waals surface area contributed by atoms with Crippen LogP contribution >= 0.6 is 11.3 Å². The lowest BCUT2D eigenvalue weighted by molar-refractivity contribution is -0.140. The lowest BCUT2D eigenvalue weighted by atomic mass is 10.3. The summed E-state index contributed by atoms with van der Waals surface area (Å²) in [5, 5.41) is 9.74. The van der Waals surface area contributed by atoms with Gasteiger partial charge in [0.05, 0.1) is 0 Å². The molecule has 7 heteroatoms. The number of carboxylic acids is 1. The van der Waals surface area contributed by atoms with Gasteiger partial charge in [0, 0.05) is 11.7 Å². The predicted octanol–water partition coefficient (Wildman–Crippen LogP) is 1.99. The summed E-state index contributed by atoms with van der Waals surface area (Å²) in [5.41, 5.74) is 0. The molecule has 102 valence electrons. The molecule has 1 atom stereocenters. The second-order valence-electron chi connectivity index (χ2n) is 4.14. The average molecular weight is 299 g/mol. The fourth-order valence-electron chi connectivity index (χ4n) is 1.59. The Morgan fingerprint density at radius 2 is 2.00 bits per heavy atom. The van der Waals surface area contributed by atoms with E-state index in [2.05, 4.69) is 0 Å². The number of hydrogen-bond acceptors (Lipinski definition) is 4. The molecule has 0 aliphatic carbocycles. The Balaban J connectivity index is 2.47. The van der Waals surface area contributed by atoms with Crippen LogP contribution in [0.2, 0.25) is 0 Å². The van der Waals surface area contributed by atoms with Gasteiger partial charge in [-0.05, 0) is 24.4 Å². The molecule has 2 aromatic rings. The van der Waals surface area contributed by atoms with E-state index in [0.29, 0.717) is 0 Å². The minimum atomic E-state index is -3.77. The first-order chi connectivity index (χ1) is 8.84. The molecule has 0 fully saturated rings. The zero-order chi connectivity index (χ0) is 14.2. The standard InChI is InChI=1S/C12H13NO4S2/c1-8(12(14)15)13(2)19(16,17)11-7-9-5-3-4-6-10(9)18-11/h3-8H,1-2H3,(H,14,15)/t8-/m1/s1. The highest BCUT2D eigenvalue weighted by molar-refractivity contribution is 7.91.